The first kappa shape index (κ1) is 14.6. The number of aryl methyl sites for hydroxylation is 1. The zero-order valence-corrected chi connectivity index (χ0v) is 11.8. The van der Waals surface area contributed by atoms with Crippen LogP contribution in [0.1, 0.15) is 6.42 Å². The molecule has 3 heterocycles. The highest BCUT2D eigenvalue weighted by Gasteiger charge is 1.94. The fraction of sp³-hybridized carbons (Fsp3) is 0.467. The van der Waals surface area contributed by atoms with Crippen molar-refractivity contribution in [2.24, 2.45) is 7.05 Å². The van der Waals surface area contributed by atoms with Crippen molar-refractivity contribution in [1.29, 1.82) is 0 Å². The number of aromatic nitrogens is 1. The van der Waals surface area contributed by atoms with Gasteiger partial charge >= 0.3 is 0 Å². The Morgan fingerprint density at radius 3 is 1.61 bits per heavy atom. The Labute approximate surface area is 111 Å². The lowest BCUT2D eigenvalue weighted by Gasteiger charge is -2.02. The van der Waals surface area contributed by atoms with Crippen LogP contribution in [0, 0.1) is 0 Å². The average molecular weight is 247 g/mol. The first-order valence-corrected chi connectivity index (χ1v) is 6.46. The molecule has 2 aliphatic rings. The summed E-state index contributed by atoms with van der Waals surface area (Å²) in [6.07, 6.45) is 13.9. The van der Waals surface area contributed by atoms with E-state index in [-0.39, 0.29) is 0 Å². The van der Waals surface area contributed by atoms with Gasteiger partial charge in [0.15, 0.2) is 0 Å². The van der Waals surface area contributed by atoms with Crippen LogP contribution in [0.15, 0.2) is 49.0 Å². The predicted octanol–water partition coefficient (Wildman–Crippen LogP) is 2.35. The number of hydrogen-bond acceptors (Lipinski definition) is 2. The molecule has 2 aliphatic heterocycles. The number of likely N-dealkylation sites (N-methyl/N-ethyl adjacent to an activating group) is 1. The van der Waals surface area contributed by atoms with Crippen LogP contribution < -0.4 is 0 Å². The van der Waals surface area contributed by atoms with Crippen LogP contribution in [0.5, 0.6) is 0 Å². The molecule has 0 saturated heterocycles. The van der Waals surface area contributed by atoms with Crippen molar-refractivity contribution < 1.29 is 0 Å². The zero-order chi connectivity index (χ0) is 13.2. The number of rotatable bonds is 0. The van der Waals surface area contributed by atoms with Gasteiger partial charge in [0.25, 0.3) is 0 Å². The highest BCUT2D eigenvalue weighted by Crippen LogP contribution is 1.97. The molecule has 18 heavy (non-hydrogen) atoms. The van der Waals surface area contributed by atoms with Crippen molar-refractivity contribution in [3.8, 4) is 0 Å². The van der Waals surface area contributed by atoms with E-state index in [1.807, 2.05) is 36.1 Å². The van der Waals surface area contributed by atoms with E-state index in [0.717, 1.165) is 13.1 Å². The Morgan fingerprint density at radius 1 is 0.833 bits per heavy atom. The largest absolute Gasteiger partial charge is 0.380 e. The van der Waals surface area contributed by atoms with Crippen LogP contribution in [0.25, 0.3) is 0 Å². The lowest BCUT2D eigenvalue weighted by Crippen LogP contribution is -2.11. The van der Waals surface area contributed by atoms with Gasteiger partial charge in [-0.15, -0.1) is 0 Å². The Balaban J connectivity index is 0.000000135. The first-order valence-electron chi connectivity index (χ1n) is 6.46. The Hall–Kier alpha value is -1.48. The third kappa shape index (κ3) is 6.97. The molecule has 0 radical (unpaired) electrons. The molecule has 3 rings (SSSR count). The summed E-state index contributed by atoms with van der Waals surface area (Å²) in [5.41, 5.74) is 0. The van der Waals surface area contributed by atoms with Gasteiger partial charge in [-0.3, -0.25) is 4.90 Å². The van der Waals surface area contributed by atoms with Gasteiger partial charge in [-0.05, 0) is 31.8 Å². The molecule has 3 nitrogen and oxygen atoms in total. The molecule has 100 valence electrons. The molecule has 0 bridgehead atoms. The summed E-state index contributed by atoms with van der Waals surface area (Å²) in [5, 5.41) is 0. The summed E-state index contributed by atoms with van der Waals surface area (Å²) >= 11 is 0. The Bertz CT molecular complexity index is 344. The highest BCUT2D eigenvalue weighted by molar-refractivity contribution is 4.93. The van der Waals surface area contributed by atoms with Crippen molar-refractivity contribution >= 4 is 0 Å². The fourth-order valence-electron chi connectivity index (χ4n) is 1.61. The van der Waals surface area contributed by atoms with E-state index >= 15 is 0 Å². The van der Waals surface area contributed by atoms with Crippen LogP contribution >= 0.6 is 0 Å². The maximum Gasteiger partial charge on any atom is 0.0204 e. The molecule has 0 aromatic carbocycles. The van der Waals surface area contributed by atoms with Crippen LogP contribution in [-0.4, -0.2) is 48.1 Å². The van der Waals surface area contributed by atoms with E-state index in [2.05, 4.69) is 48.3 Å². The summed E-state index contributed by atoms with van der Waals surface area (Å²) in [7, 11) is 6.20. The summed E-state index contributed by atoms with van der Waals surface area (Å²) in [6, 6.07) is 4.00. The molecular weight excluding hydrogens is 222 g/mol. The first-order chi connectivity index (χ1) is 8.68. The van der Waals surface area contributed by atoms with Gasteiger partial charge < -0.3 is 9.47 Å². The summed E-state index contributed by atoms with van der Waals surface area (Å²) in [6.45, 7) is 3.49. The minimum Gasteiger partial charge on any atom is -0.380 e. The second-order valence-corrected chi connectivity index (χ2v) is 4.70. The maximum absolute atomic E-state index is 2.25. The molecule has 0 saturated carbocycles. The van der Waals surface area contributed by atoms with Gasteiger partial charge in [0.05, 0.1) is 0 Å². The highest BCUT2D eigenvalue weighted by atomic mass is 15.1. The van der Waals surface area contributed by atoms with Crippen LogP contribution in [-0.2, 0) is 7.05 Å². The second kappa shape index (κ2) is 8.59. The molecule has 0 atom stereocenters. The van der Waals surface area contributed by atoms with Gasteiger partial charge in [0.2, 0.25) is 0 Å². The topological polar surface area (TPSA) is 11.4 Å². The van der Waals surface area contributed by atoms with Crippen LogP contribution in [0.4, 0.5) is 0 Å². The van der Waals surface area contributed by atoms with Crippen molar-refractivity contribution in [1.82, 2.24) is 14.4 Å². The SMILES string of the molecule is CN1C=CCC1.CN1CC=CC1.Cn1cccc1. The summed E-state index contributed by atoms with van der Waals surface area (Å²) in [4.78, 5) is 4.43. The van der Waals surface area contributed by atoms with Gasteiger partial charge in [-0.2, -0.15) is 0 Å². The van der Waals surface area contributed by atoms with E-state index in [1.54, 1.807) is 0 Å². The van der Waals surface area contributed by atoms with E-state index in [0.29, 0.717) is 0 Å². The van der Waals surface area contributed by atoms with Crippen LogP contribution in [0.2, 0.25) is 0 Å². The molecule has 0 unspecified atom stereocenters. The summed E-state index contributed by atoms with van der Waals surface area (Å²) in [5.74, 6) is 0. The Kier molecular flexibility index (Phi) is 6.96. The van der Waals surface area contributed by atoms with Gasteiger partial charge in [-0.1, -0.05) is 18.2 Å². The minimum atomic E-state index is 1.14. The van der Waals surface area contributed by atoms with Gasteiger partial charge in [0, 0.05) is 46.1 Å². The Morgan fingerprint density at radius 2 is 1.44 bits per heavy atom. The lowest BCUT2D eigenvalue weighted by molar-refractivity contribution is 0.435. The molecule has 0 spiro atoms. The molecule has 0 aliphatic carbocycles. The van der Waals surface area contributed by atoms with E-state index in [4.69, 9.17) is 0 Å². The van der Waals surface area contributed by atoms with Crippen molar-refractivity contribution in [3.63, 3.8) is 0 Å². The van der Waals surface area contributed by atoms with E-state index in [1.165, 1.54) is 13.0 Å². The zero-order valence-electron chi connectivity index (χ0n) is 11.8. The third-order valence-corrected chi connectivity index (χ3v) is 2.76. The molecule has 0 amide bonds. The normalized spacial score (nSPS) is 17.2. The third-order valence-electron chi connectivity index (χ3n) is 2.76. The molecule has 3 heteroatoms. The molecule has 1 aromatic rings. The van der Waals surface area contributed by atoms with E-state index in [9.17, 15) is 0 Å². The lowest BCUT2D eigenvalue weighted by atomic mass is 10.5. The standard InChI is InChI=1S/2C5H9N.C5H7N/c3*1-6-4-2-3-5-6/h2,4H,3,5H2,1H3;2-3H,4-5H2,1H3;2-5H,1H3. The number of hydrogen-bond donors (Lipinski definition) is 0. The summed E-state index contributed by atoms with van der Waals surface area (Å²) < 4.78 is 2.00. The molecule has 0 N–H and O–H groups in total. The smallest absolute Gasteiger partial charge is 0.0204 e. The quantitative estimate of drug-likeness (QED) is 0.652. The number of nitrogens with zero attached hydrogens (tertiary/aromatic N) is 3. The van der Waals surface area contributed by atoms with Crippen molar-refractivity contribution in [2.45, 2.75) is 6.42 Å². The minimum absolute atomic E-state index is 1.14. The monoisotopic (exact) mass is 247 g/mol. The average Bonchev–Trinajstić information content (AvgIpc) is 3.05. The van der Waals surface area contributed by atoms with Crippen LogP contribution in [0.3, 0.4) is 0 Å². The van der Waals surface area contributed by atoms with Gasteiger partial charge in [-0.25, -0.2) is 0 Å². The molecular formula is C15H25N3. The second-order valence-electron chi connectivity index (χ2n) is 4.70. The predicted molar refractivity (Wildman–Crippen MR) is 78.4 cm³/mol. The molecule has 1 aromatic heterocycles. The maximum atomic E-state index is 2.25. The fourth-order valence-corrected chi connectivity index (χ4v) is 1.61. The van der Waals surface area contributed by atoms with E-state index < -0.39 is 0 Å². The molecule has 0 fully saturated rings. The van der Waals surface area contributed by atoms with Crippen molar-refractivity contribution in [2.75, 3.05) is 33.7 Å². The van der Waals surface area contributed by atoms with Gasteiger partial charge in [0.1, 0.15) is 0 Å². The van der Waals surface area contributed by atoms with Crippen molar-refractivity contribution in [3.05, 3.63) is 49.0 Å².